The lowest BCUT2D eigenvalue weighted by Crippen LogP contribution is -2.26. The maximum Gasteiger partial charge on any atom is 0.0285 e. The van der Waals surface area contributed by atoms with Crippen molar-refractivity contribution in [1.29, 1.82) is 0 Å². The van der Waals surface area contributed by atoms with Gasteiger partial charge in [-0.05, 0) is 55.5 Å². The highest BCUT2D eigenvalue weighted by molar-refractivity contribution is 5.35. The quantitative estimate of drug-likeness (QED) is 0.342. The molecule has 2 nitrogen and oxygen atoms in total. The molecule has 148 valence electrons. The van der Waals surface area contributed by atoms with E-state index in [4.69, 9.17) is 0 Å². The summed E-state index contributed by atoms with van der Waals surface area (Å²) in [6.45, 7) is 13.2. The van der Waals surface area contributed by atoms with Crippen molar-refractivity contribution >= 4 is 0 Å². The molecule has 2 atom stereocenters. The van der Waals surface area contributed by atoms with E-state index in [-0.39, 0.29) is 0 Å². The molecule has 2 unspecified atom stereocenters. The van der Waals surface area contributed by atoms with Crippen LogP contribution in [0.2, 0.25) is 0 Å². The molecule has 26 heavy (non-hydrogen) atoms. The van der Waals surface area contributed by atoms with Crippen LogP contribution >= 0.6 is 0 Å². The first-order valence-electron chi connectivity index (χ1n) is 11.1. The van der Waals surface area contributed by atoms with Crippen LogP contribution in [-0.4, -0.2) is 26.2 Å². The molecule has 0 aliphatic heterocycles. The van der Waals surface area contributed by atoms with Crippen LogP contribution < -0.4 is 10.6 Å². The summed E-state index contributed by atoms with van der Waals surface area (Å²) in [5, 5.41) is 7.26. The first-order chi connectivity index (χ1) is 12.7. The van der Waals surface area contributed by atoms with Gasteiger partial charge in [0.15, 0.2) is 0 Å². The third-order valence-electron chi connectivity index (χ3n) is 5.45. The fourth-order valence-electron chi connectivity index (χ4n) is 3.44. The number of unbranched alkanes of at least 4 members (excludes halogenated alkanes) is 2. The fourth-order valence-corrected chi connectivity index (χ4v) is 3.44. The smallest absolute Gasteiger partial charge is 0.0285 e. The Labute approximate surface area is 162 Å². The lowest BCUT2D eigenvalue weighted by Gasteiger charge is -2.16. The Balaban J connectivity index is 2.31. The van der Waals surface area contributed by atoms with Gasteiger partial charge in [0.25, 0.3) is 0 Å². The third-order valence-corrected chi connectivity index (χ3v) is 5.45. The Morgan fingerprint density at radius 1 is 0.846 bits per heavy atom. The average Bonchev–Trinajstić information content (AvgIpc) is 2.67. The highest BCUT2D eigenvalue weighted by Gasteiger charge is 2.08. The Morgan fingerprint density at radius 2 is 1.42 bits per heavy atom. The third kappa shape index (κ3) is 10.2. The highest BCUT2D eigenvalue weighted by Crippen LogP contribution is 2.13. The van der Waals surface area contributed by atoms with E-state index in [0.29, 0.717) is 0 Å². The minimum Gasteiger partial charge on any atom is -0.312 e. The molecule has 0 saturated carbocycles. The minimum absolute atomic E-state index is 0.804. The van der Waals surface area contributed by atoms with Gasteiger partial charge in [-0.1, -0.05) is 77.7 Å². The van der Waals surface area contributed by atoms with Crippen LogP contribution in [-0.2, 0) is 0 Å². The van der Waals surface area contributed by atoms with Gasteiger partial charge in [-0.15, -0.1) is 0 Å². The van der Waals surface area contributed by atoms with Crippen LogP contribution in [0.15, 0.2) is 34.8 Å². The standard InChI is InChI=1S/C24H42N2/c1-5-9-12-21(7-3)17-25-19-23-14-11-15-24(16-23)20-26-18-22(8-4)13-10-6-2/h14,16,21-22,25-26H,5-10,12-13,17-20H2,1-4H3. The summed E-state index contributed by atoms with van der Waals surface area (Å²) in [4.78, 5) is 0. The second kappa shape index (κ2) is 15.1. The second-order valence-corrected chi connectivity index (χ2v) is 7.75. The van der Waals surface area contributed by atoms with Gasteiger partial charge in [0, 0.05) is 18.7 Å². The van der Waals surface area contributed by atoms with E-state index in [0.717, 1.165) is 38.0 Å². The molecule has 2 heteroatoms. The van der Waals surface area contributed by atoms with Crippen molar-refractivity contribution < 1.29 is 0 Å². The van der Waals surface area contributed by atoms with E-state index >= 15 is 0 Å². The minimum atomic E-state index is 0.804. The van der Waals surface area contributed by atoms with Gasteiger partial charge in [-0.3, -0.25) is 0 Å². The largest absolute Gasteiger partial charge is 0.312 e. The van der Waals surface area contributed by atoms with E-state index in [1.165, 1.54) is 62.5 Å². The normalized spacial score (nSPS) is 15.7. The van der Waals surface area contributed by atoms with Crippen LogP contribution in [0, 0.1) is 11.8 Å². The molecule has 0 heterocycles. The van der Waals surface area contributed by atoms with Gasteiger partial charge in [0.1, 0.15) is 0 Å². The van der Waals surface area contributed by atoms with E-state index < -0.39 is 0 Å². The molecular weight excluding hydrogens is 316 g/mol. The van der Waals surface area contributed by atoms with E-state index in [1.807, 2.05) is 0 Å². The fraction of sp³-hybridized carbons (Fsp3) is 0.750. The Morgan fingerprint density at radius 3 is 1.96 bits per heavy atom. The van der Waals surface area contributed by atoms with Gasteiger partial charge in [0.2, 0.25) is 0 Å². The van der Waals surface area contributed by atoms with Crippen LogP contribution in [0.4, 0.5) is 0 Å². The number of nitrogens with one attached hydrogen (secondary N) is 2. The predicted molar refractivity (Wildman–Crippen MR) is 116 cm³/mol. The van der Waals surface area contributed by atoms with Crippen LogP contribution in [0.25, 0.3) is 0 Å². The van der Waals surface area contributed by atoms with Crippen LogP contribution in [0.1, 0.15) is 79.1 Å². The summed E-state index contributed by atoms with van der Waals surface area (Å²) in [5.74, 6) is 1.61. The molecule has 2 N–H and O–H groups in total. The van der Waals surface area contributed by atoms with Gasteiger partial charge in [0.05, 0.1) is 0 Å². The molecule has 1 aliphatic carbocycles. The first-order valence-corrected chi connectivity index (χ1v) is 11.1. The number of hydrogen-bond donors (Lipinski definition) is 2. The molecule has 1 aliphatic rings. The van der Waals surface area contributed by atoms with Gasteiger partial charge < -0.3 is 10.6 Å². The maximum atomic E-state index is 3.64. The van der Waals surface area contributed by atoms with Gasteiger partial charge in [-0.2, -0.15) is 0 Å². The molecule has 1 rings (SSSR count). The SMILES string of the molecule is CCCCC(CC)CNCC1=C=C=CC(CNCC(CC)CCCC)=C1. The molecule has 0 bridgehead atoms. The molecule has 0 radical (unpaired) electrons. The van der Waals surface area contributed by atoms with Crippen molar-refractivity contribution in [2.75, 3.05) is 26.2 Å². The van der Waals surface area contributed by atoms with Gasteiger partial charge >= 0.3 is 0 Å². The summed E-state index contributed by atoms with van der Waals surface area (Å²) >= 11 is 0. The van der Waals surface area contributed by atoms with Crippen LogP contribution in [0.3, 0.4) is 0 Å². The summed E-state index contributed by atoms with van der Waals surface area (Å²) in [5.41, 5.74) is 9.02. The predicted octanol–water partition coefficient (Wildman–Crippen LogP) is 5.78. The summed E-state index contributed by atoms with van der Waals surface area (Å²) in [7, 11) is 0. The molecular formula is C24H42N2. The van der Waals surface area contributed by atoms with Crippen molar-refractivity contribution in [2.45, 2.75) is 79.1 Å². The molecule has 0 aromatic heterocycles. The summed E-state index contributed by atoms with van der Waals surface area (Å²) in [6, 6.07) is 0. The number of rotatable bonds is 16. The van der Waals surface area contributed by atoms with Crippen molar-refractivity contribution in [1.82, 2.24) is 10.6 Å². The molecule has 0 fully saturated rings. The summed E-state index contributed by atoms with van der Waals surface area (Å²) < 4.78 is 0. The Bertz CT molecular complexity index is 490. The zero-order chi connectivity index (χ0) is 19.0. The van der Waals surface area contributed by atoms with E-state index in [9.17, 15) is 0 Å². The zero-order valence-electron chi connectivity index (χ0n) is 17.8. The molecule has 0 saturated heterocycles. The topological polar surface area (TPSA) is 24.1 Å². The monoisotopic (exact) mass is 358 g/mol. The van der Waals surface area contributed by atoms with Crippen molar-refractivity contribution in [3.05, 3.63) is 34.8 Å². The Hall–Kier alpha value is -1.04. The lowest BCUT2D eigenvalue weighted by atomic mass is 9.99. The molecule has 0 amide bonds. The van der Waals surface area contributed by atoms with Crippen molar-refractivity contribution in [3.63, 3.8) is 0 Å². The zero-order valence-corrected chi connectivity index (χ0v) is 17.8. The molecule has 0 aromatic rings. The lowest BCUT2D eigenvalue weighted by molar-refractivity contribution is 0.426. The Kier molecular flexibility index (Phi) is 13.3. The molecule has 0 spiro atoms. The van der Waals surface area contributed by atoms with Crippen molar-refractivity contribution in [3.8, 4) is 0 Å². The number of hydrogen-bond acceptors (Lipinski definition) is 2. The molecule has 0 aromatic carbocycles. The van der Waals surface area contributed by atoms with E-state index in [1.54, 1.807) is 0 Å². The van der Waals surface area contributed by atoms with Crippen LogP contribution in [0.5, 0.6) is 0 Å². The average molecular weight is 359 g/mol. The second-order valence-electron chi connectivity index (χ2n) is 7.75. The maximum absolute atomic E-state index is 3.64. The first kappa shape index (κ1) is 23.0. The highest BCUT2D eigenvalue weighted by atomic mass is 14.9. The van der Waals surface area contributed by atoms with E-state index in [2.05, 4.69) is 61.9 Å². The van der Waals surface area contributed by atoms with Gasteiger partial charge in [-0.25, -0.2) is 0 Å². The summed E-state index contributed by atoms with van der Waals surface area (Å²) in [6.07, 6.45) is 14.9. The van der Waals surface area contributed by atoms with Crippen molar-refractivity contribution in [2.24, 2.45) is 11.8 Å².